The maximum Gasteiger partial charge on any atom is 0.0431 e. The maximum atomic E-state index is 8.61. The van der Waals surface area contributed by atoms with Crippen LogP contribution in [0.5, 0.6) is 0 Å². The van der Waals surface area contributed by atoms with Crippen molar-refractivity contribution >= 4 is 0 Å². The second-order valence-electron chi connectivity index (χ2n) is 4.60. The highest BCUT2D eigenvalue weighted by molar-refractivity contribution is 4.81. The van der Waals surface area contributed by atoms with Crippen LogP contribution in [0.25, 0.3) is 0 Å². The van der Waals surface area contributed by atoms with Crippen molar-refractivity contribution in [2.45, 2.75) is 77.6 Å². The van der Waals surface area contributed by atoms with Crippen LogP contribution in [0.15, 0.2) is 12.2 Å². The van der Waals surface area contributed by atoms with Gasteiger partial charge in [0.15, 0.2) is 0 Å². The number of aliphatic hydroxyl groups is 1. The first kappa shape index (κ1) is 15.7. The third-order valence-corrected chi connectivity index (χ3v) is 2.92. The van der Waals surface area contributed by atoms with Crippen molar-refractivity contribution in [1.29, 1.82) is 0 Å². The van der Waals surface area contributed by atoms with Gasteiger partial charge in [0, 0.05) is 6.61 Å². The van der Waals surface area contributed by atoms with E-state index in [1.807, 2.05) is 0 Å². The highest BCUT2D eigenvalue weighted by Crippen LogP contribution is 2.08. The second-order valence-corrected chi connectivity index (χ2v) is 4.60. The predicted molar refractivity (Wildman–Crippen MR) is 72.7 cm³/mol. The van der Waals surface area contributed by atoms with Gasteiger partial charge in [0.1, 0.15) is 0 Å². The Morgan fingerprint density at radius 1 is 0.688 bits per heavy atom. The smallest absolute Gasteiger partial charge is 0.0431 e. The first-order valence-corrected chi connectivity index (χ1v) is 7.17. The fraction of sp³-hybridized carbons (Fsp3) is 0.867. The molecule has 96 valence electrons. The van der Waals surface area contributed by atoms with E-state index in [0.29, 0.717) is 6.61 Å². The third-order valence-electron chi connectivity index (χ3n) is 2.92. The predicted octanol–water partition coefficient (Wildman–Crippen LogP) is 4.85. The van der Waals surface area contributed by atoms with Gasteiger partial charge in [-0.15, -0.1) is 0 Å². The minimum absolute atomic E-state index is 0.349. The summed E-state index contributed by atoms with van der Waals surface area (Å²) in [6.45, 7) is 2.61. The molecule has 1 nitrogen and oxygen atoms in total. The standard InChI is InChI=1S/C15H30O/c1-2-3-4-5-6-7-8-9-10-11-12-13-14-15-16/h9-10,16H,2-8,11-15H2,1H3/b10-9-. The Morgan fingerprint density at radius 2 is 1.19 bits per heavy atom. The number of unbranched alkanes of at least 4 members (excludes halogenated alkanes) is 9. The van der Waals surface area contributed by atoms with Gasteiger partial charge in [0.2, 0.25) is 0 Å². The van der Waals surface area contributed by atoms with E-state index in [1.54, 1.807) is 0 Å². The van der Waals surface area contributed by atoms with E-state index in [2.05, 4.69) is 19.1 Å². The minimum atomic E-state index is 0.349. The van der Waals surface area contributed by atoms with Gasteiger partial charge in [0.05, 0.1) is 0 Å². The van der Waals surface area contributed by atoms with Crippen LogP contribution in [0, 0.1) is 0 Å². The summed E-state index contributed by atoms with van der Waals surface area (Å²) in [5.41, 5.74) is 0. The van der Waals surface area contributed by atoms with Crippen molar-refractivity contribution in [2.24, 2.45) is 0 Å². The Bertz CT molecular complexity index is 140. The van der Waals surface area contributed by atoms with Gasteiger partial charge in [-0.3, -0.25) is 0 Å². The molecule has 0 aliphatic rings. The second kappa shape index (κ2) is 14.7. The molecule has 0 spiro atoms. The molecule has 0 rings (SSSR count). The van der Waals surface area contributed by atoms with E-state index in [-0.39, 0.29) is 0 Å². The number of aliphatic hydroxyl groups excluding tert-OH is 1. The van der Waals surface area contributed by atoms with Gasteiger partial charge < -0.3 is 5.11 Å². The normalized spacial score (nSPS) is 11.4. The molecular formula is C15H30O. The van der Waals surface area contributed by atoms with Crippen molar-refractivity contribution in [3.63, 3.8) is 0 Å². The zero-order chi connectivity index (χ0) is 11.9. The molecule has 0 saturated heterocycles. The summed E-state index contributed by atoms with van der Waals surface area (Å²) in [6, 6.07) is 0. The average Bonchev–Trinajstić information content (AvgIpc) is 2.31. The molecule has 0 fully saturated rings. The monoisotopic (exact) mass is 226 g/mol. The molecule has 1 heteroatoms. The summed E-state index contributed by atoms with van der Waals surface area (Å²) in [4.78, 5) is 0. The van der Waals surface area contributed by atoms with Crippen LogP contribution < -0.4 is 0 Å². The SMILES string of the molecule is CCCCCCCC/C=C\CCCCCO. The topological polar surface area (TPSA) is 20.2 Å². The Morgan fingerprint density at radius 3 is 1.75 bits per heavy atom. The molecule has 0 unspecified atom stereocenters. The number of rotatable bonds is 12. The summed E-state index contributed by atoms with van der Waals surface area (Å²) < 4.78 is 0. The van der Waals surface area contributed by atoms with E-state index >= 15 is 0 Å². The van der Waals surface area contributed by atoms with Crippen molar-refractivity contribution < 1.29 is 5.11 Å². The van der Waals surface area contributed by atoms with Crippen LogP contribution in [0.1, 0.15) is 77.6 Å². The first-order valence-electron chi connectivity index (χ1n) is 7.17. The van der Waals surface area contributed by atoms with Crippen LogP contribution in [0.2, 0.25) is 0 Å². The van der Waals surface area contributed by atoms with E-state index in [0.717, 1.165) is 12.8 Å². The molecule has 0 aliphatic carbocycles. The van der Waals surface area contributed by atoms with Gasteiger partial charge in [0.25, 0.3) is 0 Å². The van der Waals surface area contributed by atoms with Crippen molar-refractivity contribution in [3.05, 3.63) is 12.2 Å². The Kier molecular flexibility index (Phi) is 14.4. The Balaban J connectivity index is 2.98. The molecule has 0 heterocycles. The van der Waals surface area contributed by atoms with E-state index in [1.165, 1.54) is 57.8 Å². The van der Waals surface area contributed by atoms with E-state index < -0.39 is 0 Å². The van der Waals surface area contributed by atoms with Crippen LogP contribution in [0.3, 0.4) is 0 Å². The molecule has 0 aromatic heterocycles. The molecule has 0 aromatic carbocycles. The maximum absolute atomic E-state index is 8.61. The summed E-state index contributed by atoms with van der Waals surface area (Å²) in [7, 11) is 0. The van der Waals surface area contributed by atoms with Crippen LogP contribution >= 0.6 is 0 Å². The zero-order valence-corrected chi connectivity index (χ0v) is 11.1. The van der Waals surface area contributed by atoms with Gasteiger partial charge in [-0.1, -0.05) is 57.6 Å². The van der Waals surface area contributed by atoms with Crippen molar-refractivity contribution in [2.75, 3.05) is 6.61 Å². The van der Waals surface area contributed by atoms with Crippen molar-refractivity contribution in [3.8, 4) is 0 Å². The Hall–Kier alpha value is -0.300. The molecule has 0 atom stereocenters. The molecule has 0 saturated carbocycles. The van der Waals surface area contributed by atoms with Gasteiger partial charge in [-0.25, -0.2) is 0 Å². The molecule has 16 heavy (non-hydrogen) atoms. The largest absolute Gasteiger partial charge is 0.396 e. The summed E-state index contributed by atoms with van der Waals surface area (Å²) in [5, 5.41) is 8.61. The quantitative estimate of drug-likeness (QED) is 0.373. The molecule has 0 radical (unpaired) electrons. The minimum Gasteiger partial charge on any atom is -0.396 e. The molecular weight excluding hydrogens is 196 g/mol. The lowest BCUT2D eigenvalue weighted by Crippen LogP contribution is -1.81. The van der Waals surface area contributed by atoms with E-state index in [4.69, 9.17) is 5.11 Å². The van der Waals surface area contributed by atoms with E-state index in [9.17, 15) is 0 Å². The fourth-order valence-electron chi connectivity index (χ4n) is 1.83. The van der Waals surface area contributed by atoms with Gasteiger partial charge in [-0.05, 0) is 32.1 Å². The highest BCUT2D eigenvalue weighted by atomic mass is 16.2. The third kappa shape index (κ3) is 13.7. The zero-order valence-electron chi connectivity index (χ0n) is 11.1. The first-order chi connectivity index (χ1) is 7.91. The lowest BCUT2D eigenvalue weighted by atomic mass is 10.1. The van der Waals surface area contributed by atoms with Gasteiger partial charge >= 0.3 is 0 Å². The average molecular weight is 226 g/mol. The van der Waals surface area contributed by atoms with Crippen LogP contribution in [-0.2, 0) is 0 Å². The molecule has 0 amide bonds. The molecule has 0 aromatic rings. The van der Waals surface area contributed by atoms with Gasteiger partial charge in [-0.2, -0.15) is 0 Å². The number of hydrogen-bond donors (Lipinski definition) is 1. The summed E-state index contributed by atoms with van der Waals surface area (Å²) >= 11 is 0. The summed E-state index contributed by atoms with van der Waals surface area (Å²) in [5.74, 6) is 0. The van der Waals surface area contributed by atoms with Crippen molar-refractivity contribution in [1.82, 2.24) is 0 Å². The molecule has 0 aliphatic heterocycles. The molecule has 0 bridgehead atoms. The highest BCUT2D eigenvalue weighted by Gasteiger charge is 1.88. The van der Waals surface area contributed by atoms with Crippen LogP contribution in [0.4, 0.5) is 0 Å². The van der Waals surface area contributed by atoms with Crippen LogP contribution in [-0.4, -0.2) is 11.7 Å². The lowest BCUT2D eigenvalue weighted by molar-refractivity contribution is 0.283. The molecule has 1 N–H and O–H groups in total. The number of allylic oxidation sites excluding steroid dienone is 2. The lowest BCUT2D eigenvalue weighted by Gasteiger charge is -1.98. The Labute approximate surface area is 102 Å². The summed E-state index contributed by atoms with van der Waals surface area (Å²) in [6.07, 6.45) is 18.8. The number of hydrogen-bond acceptors (Lipinski definition) is 1. The fourth-order valence-corrected chi connectivity index (χ4v) is 1.83.